The van der Waals surface area contributed by atoms with E-state index in [0.717, 1.165) is 12.8 Å². The van der Waals surface area contributed by atoms with Gasteiger partial charge in [0.25, 0.3) is 0 Å². The van der Waals surface area contributed by atoms with Crippen LogP contribution < -0.4 is 0 Å². The molecule has 0 unspecified atom stereocenters. The Morgan fingerprint density at radius 2 is 1.79 bits per heavy atom. The topological polar surface area (TPSA) is 37.3 Å². The molecule has 0 fully saturated rings. The van der Waals surface area contributed by atoms with E-state index in [4.69, 9.17) is 5.11 Å². The quantitative estimate of drug-likeness (QED) is 0.867. The molecule has 0 saturated heterocycles. The molecule has 0 aliphatic carbocycles. The van der Waals surface area contributed by atoms with Gasteiger partial charge in [0, 0.05) is 0 Å². The molecule has 0 aromatic heterocycles. The predicted molar refractivity (Wildman–Crippen MR) is 78.3 cm³/mol. The molecular weight excluding hydrogens is 236 g/mol. The van der Waals surface area contributed by atoms with Crippen LogP contribution in [0.2, 0.25) is 0 Å². The fraction of sp³-hybridized carbons (Fsp3) is 0.353. The molecule has 2 aromatic rings. The molecular formula is C17H20O2. The van der Waals surface area contributed by atoms with Crippen LogP contribution in [0.3, 0.4) is 0 Å². The summed E-state index contributed by atoms with van der Waals surface area (Å²) in [6.45, 7) is 4.04. The monoisotopic (exact) mass is 256 g/mol. The van der Waals surface area contributed by atoms with E-state index in [-0.39, 0.29) is 11.8 Å². The lowest BCUT2D eigenvalue weighted by molar-refractivity contribution is -0.139. The third-order valence-electron chi connectivity index (χ3n) is 3.58. The van der Waals surface area contributed by atoms with Gasteiger partial charge in [0.2, 0.25) is 0 Å². The number of carboxylic acid groups (broad SMARTS) is 1. The summed E-state index contributed by atoms with van der Waals surface area (Å²) in [5, 5.41) is 11.4. The van der Waals surface area contributed by atoms with Gasteiger partial charge in [0.1, 0.15) is 0 Å². The molecule has 0 bridgehead atoms. The third-order valence-corrected chi connectivity index (χ3v) is 3.58. The molecule has 2 heteroatoms. The predicted octanol–water partition coefficient (Wildman–Crippen LogP) is 4.27. The Kier molecular flexibility index (Phi) is 3.89. The second-order valence-corrected chi connectivity index (χ2v) is 5.87. The summed E-state index contributed by atoms with van der Waals surface area (Å²) in [7, 11) is 0. The minimum atomic E-state index is -0.720. The molecule has 0 aliphatic heterocycles. The fourth-order valence-corrected chi connectivity index (χ4v) is 2.48. The van der Waals surface area contributed by atoms with Gasteiger partial charge in [0.15, 0.2) is 0 Å². The van der Waals surface area contributed by atoms with Gasteiger partial charge < -0.3 is 5.11 Å². The van der Waals surface area contributed by atoms with Crippen molar-refractivity contribution in [2.75, 3.05) is 0 Å². The lowest BCUT2D eigenvalue weighted by Gasteiger charge is -2.22. The number of aryl methyl sites for hydroxylation is 1. The first-order valence-corrected chi connectivity index (χ1v) is 6.66. The van der Waals surface area contributed by atoms with E-state index in [2.05, 4.69) is 30.3 Å². The second-order valence-electron chi connectivity index (χ2n) is 5.87. The van der Waals surface area contributed by atoms with Crippen LogP contribution in [-0.2, 0) is 11.2 Å². The van der Waals surface area contributed by atoms with Crippen molar-refractivity contribution in [3.05, 3.63) is 48.0 Å². The number of hydrogen-bond donors (Lipinski definition) is 1. The molecule has 19 heavy (non-hydrogen) atoms. The average molecular weight is 256 g/mol. The van der Waals surface area contributed by atoms with Crippen molar-refractivity contribution in [2.24, 2.45) is 5.41 Å². The Balaban J connectivity index is 2.16. The summed E-state index contributed by atoms with van der Waals surface area (Å²) in [6.07, 6.45) is 2.02. The zero-order valence-electron chi connectivity index (χ0n) is 11.5. The maximum absolute atomic E-state index is 10.8. The molecule has 0 aliphatic rings. The lowest BCUT2D eigenvalue weighted by Crippen LogP contribution is -2.17. The van der Waals surface area contributed by atoms with Gasteiger partial charge in [-0.15, -0.1) is 0 Å². The molecule has 0 atom stereocenters. The normalized spacial score (nSPS) is 11.7. The molecule has 0 amide bonds. The Morgan fingerprint density at radius 3 is 2.53 bits per heavy atom. The van der Waals surface area contributed by atoms with E-state index >= 15 is 0 Å². The largest absolute Gasteiger partial charge is 0.481 e. The van der Waals surface area contributed by atoms with Gasteiger partial charge in [-0.3, -0.25) is 4.79 Å². The molecule has 0 heterocycles. The van der Waals surface area contributed by atoms with E-state index in [0.29, 0.717) is 0 Å². The number of carbonyl (C=O) groups is 1. The van der Waals surface area contributed by atoms with Crippen LogP contribution in [0.1, 0.15) is 32.3 Å². The Hall–Kier alpha value is -1.83. The van der Waals surface area contributed by atoms with Gasteiger partial charge in [-0.25, -0.2) is 0 Å². The summed E-state index contributed by atoms with van der Waals surface area (Å²) in [5.41, 5.74) is 1.14. The van der Waals surface area contributed by atoms with Crippen LogP contribution in [-0.4, -0.2) is 11.1 Å². The average Bonchev–Trinajstić information content (AvgIpc) is 2.35. The summed E-state index contributed by atoms with van der Waals surface area (Å²) in [6, 6.07) is 14.7. The molecule has 0 saturated carbocycles. The minimum Gasteiger partial charge on any atom is -0.481 e. The second kappa shape index (κ2) is 5.43. The van der Waals surface area contributed by atoms with Gasteiger partial charge in [-0.05, 0) is 34.6 Å². The molecule has 1 N–H and O–H groups in total. The highest BCUT2D eigenvalue weighted by Gasteiger charge is 2.21. The molecule has 2 aromatic carbocycles. The molecule has 2 rings (SSSR count). The number of fused-ring (bicyclic) bond motifs is 1. The van der Waals surface area contributed by atoms with Crippen LogP contribution >= 0.6 is 0 Å². The number of hydrogen-bond acceptors (Lipinski definition) is 1. The smallest absolute Gasteiger partial charge is 0.303 e. The third kappa shape index (κ3) is 3.57. The van der Waals surface area contributed by atoms with Crippen LogP contribution in [0, 0.1) is 5.41 Å². The maximum Gasteiger partial charge on any atom is 0.303 e. The van der Waals surface area contributed by atoms with Crippen molar-refractivity contribution in [2.45, 2.75) is 33.1 Å². The number of rotatable bonds is 5. The summed E-state index contributed by atoms with van der Waals surface area (Å²) < 4.78 is 0. The van der Waals surface area contributed by atoms with Crippen molar-refractivity contribution in [1.82, 2.24) is 0 Å². The van der Waals surface area contributed by atoms with Crippen LogP contribution in [0.5, 0.6) is 0 Å². The highest BCUT2D eigenvalue weighted by molar-refractivity contribution is 5.85. The fourth-order valence-electron chi connectivity index (χ4n) is 2.48. The number of aliphatic carboxylic acids is 1. The van der Waals surface area contributed by atoms with Gasteiger partial charge >= 0.3 is 5.97 Å². The summed E-state index contributed by atoms with van der Waals surface area (Å²) in [5.74, 6) is -0.720. The standard InChI is InChI=1S/C17H20O2/c1-17(2,12-16(18)19)11-10-14-8-5-7-13-6-3-4-9-15(13)14/h3-9H,10-12H2,1-2H3,(H,18,19). The first-order valence-electron chi connectivity index (χ1n) is 6.66. The van der Waals surface area contributed by atoms with Gasteiger partial charge in [-0.1, -0.05) is 56.3 Å². The molecule has 100 valence electrons. The highest BCUT2D eigenvalue weighted by atomic mass is 16.4. The molecule has 0 radical (unpaired) electrons. The Labute approximate surface area is 114 Å². The first-order chi connectivity index (χ1) is 8.98. The van der Waals surface area contributed by atoms with Gasteiger partial charge in [-0.2, -0.15) is 0 Å². The van der Waals surface area contributed by atoms with E-state index in [9.17, 15) is 4.79 Å². The van der Waals surface area contributed by atoms with Crippen molar-refractivity contribution in [3.8, 4) is 0 Å². The van der Waals surface area contributed by atoms with E-state index < -0.39 is 5.97 Å². The lowest BCUT2D eigenvalue weighted by atomic mass is 9.82. The van der Waals surface area contributed by atoms with Crippen molar-refractivity contribution < 1.29 is 9.90 Å². The molecule has 0 spiro atoms. The Bertz CT molecular complexity index is 579. The number of carboxylic acids is 1. The SMILES string of the molecule is CC(C)(CCc1cccc2ccccc12)CC(=O)O. The summed E-state index contributed by atoms with van der Waals surface area (Å²) in [4.78, 5) is 10.8. The van der Waals surface area contributed by atoms with E-state index in [1.165, 1.54) is 16.3 Å². The van der Waals surface area contributed by atoms with Crippen molar-refractivity contribution in [3.63, 3.8) is 0 Å². The van der Waals surface area contributed by atoms with E-state index in [1.54, 1.807) is 0 Å². The van der Waals surface area contributed by atoms with Crippen molar-refractivity contribution in [1.29, 1.82) is 0 Å². The van der Waals surface area contributed by atoms with E-state index in [1.807, 2.05) is 26.0 Å². The first kappa shape index (κ1) is 13.6. The van der Waals surface area contributed by atoms with Crippen molar-refractivity contribution >= 4 is 16.7 Å². The maximum atomic E-state index is 10.8. The van der Waals surface area contributed by atoms with Crippen LogP contribution in [0.15, 0.2) is 42.5 Å². The van der Waals surface area contributed by atoms with Crippen LogP contribution in [0.25, 0.3) is 10.8 Å². The zero-order valence-corrected chi connectivity index (χ0v) is 11.5. The highest BCUT2D eigenvalue weighted by Crippen LogP contribution is 2.29. The van der Waals surface area contributed by atoms with Gasteiger partial charge in [0.05, 0.1) is 6.42 Å². The zero-order chi connectivity index (χ0) is 13.9. The summed E-state index contributed by atoms with van der Waals surface area (Å²) >= 11 is 0. The van der Waals surface area contributed by atoms with Crippen LogP contribution in [0.4, 0.5) is 0 Å². The molecule has 2 nitrogen and oxygen atoms in total. The minimum absolute atomic E-state index is 0.164. The Morgan fingerprint density at radius 1 is 1.11 bits per heavy atom. The number of benzene rings is 2.